The molecule has 1 amide bonds. The minimum absolute atomic E-state index is 0.0762. The van der Waals surface area contributed by atoms with E-state index in [9.17, 15) is 4.79 Å². The maximum absolute atomic E-state index is 12.5. The Hall–Kier alpha value is -1.64. The first-order valence-electron chi connectivity index (χ1n) is 8.07. The standard InChI is InChI=1S/C18H17Cl4N3O3S/c1-27-10-7-8-14(28-2)13(9-10)23-17(29)25-16(18(20,21)22)24-15(26)11-5-3-4-6-12(11)19/h3-9,16H,1-2H3,(H,24,26)(H2,23,25,29). The summed E-state index contributed by atoms with van der Waals surface area (Å²) in [5, 5.41) is 8.60. The van der Waals surface area contributed by atoms with Crippen molar-refractivity contribution in [2.24, 2.45) is 0 Å². The summed E-state index contributed by atoms with van der Waals surface area (Å²) in [4.78, 5) is 12.5. The molecule has 0 aliphatic heterocycles. The van der Waals surface area contributed by atoms with E-state index in [1.807, 2.05) is 0 Å². The molecule has 6 nitrogen and oxygen atoms in total. The van der Waals surface area contributed by atoms with E-state index in [4.69, 9.17) is 68.1 Å². The van der Waals surface area contributed by atoms with E-state index in [0.29, 0.717) is 17.2 Å². The first-order valence-corrected chi connectivity index (χ1v) is 9.99. The van der Waals surface area contributed by atoms with Gasteiger partial charge in [-0.2, -0.15) is 0 Å². The summed E-state index contributed by atoms with van der Waals surface area (Å²) in [6, 6.07) is 11.6. The second-order valence-electron chi connectivity index (χ2n) is 5.59. The third-order valence-corrected chi connectivity index (χ3v) is 4.86. The van der Waals surface area contributed by atoms with Crippen LogP contribution in [0.1, 0.15) is 10.4 Å². The molecule has 0 saturated carbocycles. The van der Waals surface area contributed by atoms with Gasteiger partial charge in [-0.3, -0.25) is 4.79 Å². The number of hydrogen-bond donors (Lipinski definition) is 3. The molecule has 0 aliphatic carbocycles. The van der Waals surface area contributed by atoms with Gasteiger partial charge in [0.2, 0.25) is 3.79 Å². The monoisotopic (exact) mass is 495 g/mol. The van der Waals surface area contributed by atoms with Gasteiger partial charge in [0, 0.05) is 6.07 Å². The molecule has 1 unspecified atom stereocenters. The van der Waals surface area contributed by atoms with E-state index in [1.165, 1.54) is 14.2 Å². The molecule has 0 saturated heterocycles. The summed E-state index contributed by atoms with van der Waals surface area (Å²) in [6.45, 7) is 0. The predicted molar refractivity (Wildman–Crippen MR) is 122 cm³/mol. The molecular formula is C18H17Cl4N3O3S. The lowest BCUT2D eigenvalue weighted by Gasteiger charge is -2.28. The van der Waals surface area contributed by atoms with Crippen LogP contribution >= 0.6 is 58.6 Å². The molecule has 0 radical (unpaired) electrons. The zero-order valence-corrected chi connectivity index (χ0v) is 19.1. The Labute approximate surface area is 193 Å². The molecule has 0 fully saturated rings. The lowest BCUT2D eigenvalue weighted by atomic mass is 10.2. The Morgan fingerprint density at radius 3 is 2.34 bits per heavy atom. The number of ether oxygens (including phenoxy) is 2. The van der Waals surface area contributed by atoms with Gasteiger partial charge in [0.1, 0.15) is 17.7 Å². The molecule has 0 bridgehead atoms. The van der Waals surface area contributed by atoms with Crippen LogP contribution in [0.2, 0.25) is 5.02 Å². The lowest BCUT2D eigenvalue weighted by Crippen LogP contribution is -2.56. The highest BCUT2D eigenvalue weighted by Crippen LogP contribution is 2.31. The zero-order chi connectivity index (χ0) is 21.6. The van der Waals surface area contributed by atoms with Crippen LogP contribution in [0.25, 0.3) is 0 Å². The van der Waals surface area contributed by atoms with Gasteiger partial charge in [0.05, 0.1) is 30.5 Å². The minimum atomic E-state index is -1.92. The number of amides is 1. The van der Waals surface area contributed by atoms with Crippen molar-refractivity contribution in [2.75, 3.05) is 19.5 Å². The number of nitrogens with one attached hydrogen (secondary N) is 3. The minimum Gasteiger partial charge on any atom is -0.497 e. The van der Waals surface area contributed by atoms with E-state index in [-0.39, 0.29) is 15.7 Å². The number of carbonyl (C=O) groups excluding carboxylic acids is 1. The Morgan fingerprint density at radius 1 is 1.07 bits per heavy atom. The Morgan fingerprint density at radius 2 is 1.76 bits per heavy atom. The predicted octanol–water partition coefficient (Wildman–Crippen LogP) is 4.77. The quantitative estimate of drug-likeness (QED) is 0.304. The van der Waals surface area contributed by atoms with E-state index in [1.54, 1.807) is 42.5 Å². The van der Waals surface area contributed by atoms with Gasteiger partial charge in [-0.25, -0.2) is 0 Å². The van der Waals surface area contributed by atoms with Crippen molar-refractivity contribution in [3.05, 3.63) is 53.1 Å². The second-order valence-corrected chi connectivity index (χ2v) is 8.78. The molecule has 0 heterocycles. The molecule has 3 N–H and O–H groups in total. The highest BCUT2D eigenvalue weighted by atomic mass is 35.6. The summed E-state index contributed by atoms with van der Waals surface area (Å²) < 4.78 is 8.56. The average molecular weight is 497 g/mol. The van der Waals surface area contributed by atoms with Crippen LogP contribution in [0.3, 0.4) is 0 Å². The van der Waals surface area contributed by atoms with Gasteiger partial charge >= 0.3 is 0 Å². The van der Waals surface area contributed by atoms with Gasteiger partial charge in [-0.05, 0) is 36.5 Å². The fourth-order valence-corrected chi connectivity index (χ4v) is 3.03. The number of anilines is 1. The third-order valence-electron chi connectivity index (χ3n) is 3.65. The van der Waals surface area contributed by atoms with Crippen LogP contribution in [0, 0.1) is 0 Å². The molecular weight excluding hydrogens is 480 g/mol. The zero-order valence-electron chi connectivity index (χ0n) is 15.3. The van der Waals surface area contributed by atoms with Crippen molar-refractivity contribution >= 4 is 75.3 Å². The van der Waals surface area contributed by atoms with Gasteiger partial charge < -0.3 is 25.4 Å². The van der Waals surface area contributed by atoms with Gasteiger partial charge in [0.15, 0.2) is 5.11 Å². The topological polar surface area (TPSA) is 71.6 Å². The van der Waals surface area contributed by atoms with Crippen molar-refractivity contribution in [3.63, 3.8) is 0 Å². The van der Waals surface area contributed by atoms with Crippen LogP contribution < -0.4 is 25.4 Å². The summed E-state index contributed by atoms with van der Waals surface area (Å²) in [5.41, 5.74) is 0.744. The fourth-order valence-electron chi connectivity index (χ4n) is 2.26. The Kier molecular flexibility index (Phi) is 8.48. The highest BCUT2D eigenvalue weighted by molar-refractivity contribution is 7.80. The maximum atomic E-state index is 12.5. The molecule has 156 valence electrons. The normalized spacial score (nSPS) is 11.9. The fraction of sp³-hybridized carbons (Fsp3) is 0.222. The number of carbonyl (C=O) groups is 1. The second kappa shape index (κ2) is 10.4. The largest absolute Gasteiger partial charge is 0.497 e. The van der Waals surface area contributed by atoms with Crippen LogP contribution in [-0.2, 0) is 0 Å². The van der Waals surface area contributed by atoms with Crippen molar-refractivity contribution in [1.29, 1.82) is 0 Å². The summed E-state index contributed by atoms with van der Waals surface area (Å²) in [6.07, 6.45) is -1.16. The first-order chi connectivity index (χ1) is 13.7. The number of hydrogen-bond acceptors (Lipinski definition) is 4. The number of rotatable bonds is 6. The average Bonchev–Trinajstić information content (AvgIpc) is 2.66. The summed E-state index contributed by atoms with van der Waals surface area (Å²) in [7, 11) is 3.04. The van der Waals surface area contributed by atoms with Crippen LogP contribution in [0.4, 0.5) is 5.69 Å². The number of thiocarbonyl (C=S) groups is 1. The maximum Gasteiger partial charge on any atom is 0.254 e. The third kappa shape index (κ3) is 6.69. The first kappa shape index (κ1) is 23.6. The number of methoxy groups -OCH3 is 2. The Bertz CT molecular complexity index is 893. The number of benzene rings is 2. The van der Waals surface area contributed by atoms with E-state index < -0.39 is 15.9 Å². The Balaban J connectivity index is 2.16. The summed E-state index contributed by atoms with van der Waals surface area (Å²) >= 11 is 29.4. The molecule has 11 heteroatoms. The molecule has 2 rings (SSSR count). The molecule has 2 aromatic carbocycles. The van der Waals surface area contributed by atoms with Crippen molar-refractivity contribution in [3.8, 4) is 11.5 Å². The van der Waals surface area contributed by atoms with E-state index in [2.05, 4.69) is 16.0 Å². The number of alkyl halides is 3. The summed E-state index contributed by atoms with van der Waals surface area (Å²) in [5.74, 6) is 0.558. The molecule has 0 aliphatic rings. The highest BCUT2D eigenvalue weighted by Gasteiger charge is 2.35. The number of halogens is 4. The van der Waals surface area contributed by atoms with Gasteiger partial charge in [-0.1, -0.05) is 58.5 Å². The van der Waals surface area contributed by atoms with Crippen LogP contribution in [-0.4, -0.2) is 35.2 Å². The molecule has 0 aromatic heterocycles. The lowest BCUT2D eigenvalue weighted by molar-refractivity contribution is 0.0934. The van der Waals surface area contributed by atoms with Crippen molar-refractivity contribution in [1.82, 2.24) is 10.6 Å². The van der Waals surface area contributed by atoms with Gasteiger partial charge in [-0.15, -0.1) is 0 Å². The SMILES string of the molecule is COc1ccc(OC)c(NC(=S)NC(NC(=O)c2ccccc2Cl)C(Cl)(Cl)Cl)c1. The molecule has 0 spiro atoms. The van der Waals surface area contributed by atoms with Gasteiger partial charge in [0.25, 0.3) is 5.91 Å². The van der Waals surface area contributed by atoms with Crippen molar-refractivity contribution in [2.45, 2.75) is 9.96 Å². The molecule has 2 aromatic rings. The van der Waals surface area contributed by atoms with Crippen LogP contribution in [0.5, 0.6) is 11.5 Å². The van der Waals surface area contributed by atoms with Crippen molar-refractivity contribution < 1.29 is 14.3 Å². The molecule has 29 heavy (non-hydrogen) atoms. The molecule has 1 atom stereocenters. The van der Waals surface area contributed by atoms with E-state index >= 15 is 0 Å². The smallest absolute Gasteiger partial charge is 0.254 e. The van der Waals surface area contributed by atoms with E-state index in [0.717, 1.165) is 0 Å². The van der Waals surface area contributed by atoms with Crippen LogP contribution in [0.15, 0.2) is 42.5 Å².